The Morgan fingerprint density at radius 3 is 2.38 bits per heavy atom. The summed E-state index contributed by atoms with van der Waals surface area (Å²) < 4.78 is 0. The van der Waals surface area contributed by atoms with Gasteiger partial charge in [0, 0.05) is 23.2 Å². The number of benzene rings is 2. The molecule has 0 spiro atoms. The smallest absolute Gasteiger partial charge is 0.251 e. The van der Waals surface area contributed by atoms with Gasteiger partial charge < -0.3 is 10.6 Å². The van der Waals surface area contributed by atoms with Crippen molar-refractivity contribution in [3.8, 4) is 11.1 Å². The third-order valence-electron chi connectivity index (χ3n) is 3.97. The monoisotopic (exact) mass is 322 g/mol. The summed E-state index contributed by atoms with van der Waals surface area (Å²) in [6.07, 6.45) is 0.840. The lowest BCUT2D eigenvalue weighted by Crippen LogP contribution is -2.37. The van der Waals surface area contributed by atoms with E-state index in [0.29, 0.717) is 23.2 Å². The fourth-order valence-electron chi connectivity index (χ4n) is 2.76. The van der Waals surface area contributed by atoms with Crippen LogP contribution in [0.5, 0.6) is 0 Å². The first kappa shape index (κ1) is 15.9. The zero-order valence-electron chi connectivity index (χ0n) is 13.4. The summed E-state index contributed by atoms with van der Waals surface area (Å²) in [7, 11) is 0. The van der Waals surface area contributed by atoms with Gasteiger partial charge in [0.2, 0.25) is 5.91 Å². The van der Waals surface area contributed by atoms with E-state index in [1.54, 1.807) is 24.3 Å². The molecule has 5 heteroatoms. The van der Waals surface area contributed by atoms with Crippen LogP contribution in [0.2, 0.25) is 0 Å². The topological polar surface area (TPSA) is 75.3 Å². The summed E-state index contributed by atoms with van der Waals surface area (Å²) in [6.45, 7) is 2.46. The Morgan fingerprint density at radius 2 is 1.62 bits per heavy atom. The van der Waals surface area contributed by atoms with Crippen LogP contribution in [0.4, 0.5) is 0 Å². The molecule has 24 heavy (non-hydrogen) atoms. The second kappa shape index (κ2) is 6.66. The molecule has 0 aliphatic heterocycles. The Balaban J connectivity index is 1.75. The van der Waals surface area contributed by atoms with Crippen molar-refractivity contribution in [1.82, 2.24) is 10.6 Å². The normalized spacial score (nSPS) is 11.6. The number of fused-ring (bicyclic) bond motifs is 3. The average Bonchev–Trinajstić information content (AvgIpc) is 2.90. The van der Waals surface area contributed by atoms with Gasteiger partial charge in [-0.25, -0.2) is 0 Å². The number of hydrogen-bond donors (Lipinski definition) is 2. The van der Waals surface area contributed by atoms with Gasteiger partial charge in [-0.2, -0.15) is 0 Å². The molecule has 5 nitrogen and oxygen atoms in total. The predicted molar refractivity (Wildman–Crippen MR) is 90.9 cm³/mol. The van der Waals surface area contributed by atoms with Gasteiger partial charge >= 0.3 is 0 Å². The van der Waals surface area contributed by atoms with Gasteiger partial charge in [0.25, 0.3) is 5.91 Å². The lowest BCUT2D eigenvalue weighted by molar-refractivity contribution is -0.120. The largest absolute Gasteiger partial charge is 0.355 e. The van der Waals surface area contributed by atoms with Crippen molar-refractivity contribution in [1.29, 1.82) is 0 Å². The van der Waals surface area contributed by atoms with Crippen molar-refractivity contribution in [3.63, 3.8) is 0 Å². The van der Waals surface area contributed by atoms with Crippen LogP contribution in [0, 0.1) is 0 Å². The van der Waals surface area contributed by atoms with Crippen LogP contribution in [0.1, 0.15) is 39.6 Å². The molecule has 0 saturated heterocycles. The quantitative estimate of drug-likeness (QED) is 0.756. The molecule has 2 N–H and O–H groups in total. The molecule has 2 amide bonds. The second-order valence-electron chi connectivity index (χ2n) is 5.67. The van der Waals surface area contributed by atoms with E-state index in [9.17, 15) is 14.4 Å². The van der Waals surface area contributed by atoms with Gasteiger partial charge in [-0.3, -0.25) is 14.4 Å². The maximum Gasteiger partial charge on any atom is 0.251 e. The standard InChI is InChI=1S/C19H18N2O3/c1-2-9-20-17(22)11-21-19(24)12-7-8-14-13-5-3-4-6-15(13)18(23)16(14)10-12/h3-8,10H,2,9,11H2,1H3,(H,20,22)(H,21,24). The highest BCUT2D eigenvalue weighted by atomic mass is 16.2. The highest BCUT2D eigenvalue weighted by molar-refractivity contribution is 6.22. The van der Waals surface area contributed by atoms with Crippen molar-refractivity contribution < 1.29 is 14.4 Å². The minimum absolute atomic E-state index is 0.0732. The van der Waals surface area contributed by atoms with Gasteiger partial charge in [0.05, 0.1) is 6.54 Å². The van der Waals surface area contributed by atoms with Gasteiger partial charge in [0.1, 0.15) is 0 Å². The zero-order chi connectivity index (χ0) is 17.1. The molecule has 0 saturated carbocycles. The number of amides is 2. The van der Waals surface area contributed by atoms with E-state index in [4.69, 9.17) is 0 Å². The number of rotatable bonds is 5. The van der Waals surface area contributed by atoms with Crippen LogP contribution in [0.3, 0.4) is 0 Å². The minimum atomic E-state index is -0.367. The maximum atomic E-state index is 12.5. The highest BCUT2D eigenvalue weighted by Crippen LogP contribution is 2.36. The molecule has 0 aromatic heterocycles. The van der Waals surface area contributed by atoms with E-state index < -0.39 is 0 Å². The lowest BCUT2D eigenvalue weighted by atomic mass is 10.0. The first-order chi connectivity index (χ1) is 11.6. The Kier molecular flexibility index (Phi) is 4.42. The van der Waals surface area contributed by atoms with Crippen molar-refractivity contribution in [2.75, 3.05) is 13.1 Å². The molecule has 1 aliphatic carbocycles. The average molecular weight is 322 g/mol. The van der Waals surface area contributed by atoms with Crippen LogP contribution in [0.25, 0.3) is 11.1 Å². The molecule has 0 radical (unpaired) electrons. The van der Waals surface area contributed by atoms with Crippen LogP contribution in [-0.2, 0) is 4.79 Å². The van der Waals surface area contributed by atoms with Crippen LogP contribution >= 0.6 is 0 Å². The summed E-state index contributed by atoms with van der Waals surface area (Å²) in [6, 6.07) is 12.4. The molecule has 0 atom stereocenters. The Morgan fingerprint density at radius 1 is 0.917 bits per heavy atom. The number of carbonyl (C=O) groups is 3. The van der Waals surface area contributed by atoms with E-state index >= 15 is 0 Å². The molecular weight excluding hydrogens is 304 g/mol. The van der Waals surface area contributed by atoms with Gasteiger partial charge in [-0.1, -0.05) is 37.3 Å². The SMILES string of the molecule is CCCNC(=O)CNC(=O)c1ccc2c(c1)C(=O)c1ccccc1-2. The fourth-order valence-corrected chi connectivity index (χ4v) is 2.76. The van der Waals surface area contributed by atoms with Crippen molar-refractivity contribution >= 4 is 17.6 Å². The Labute approximate surface area is 140 Å². The van der Waals surface area contributed by atoms with E-state index in [1.807, 2.05) is 25.1 Å². The molecule has 122 valence electrons. The first-order valence-electron chi connectivity index (χ1n) is 7.95. The van der Waals surface area contributed by atoms with E-state index in [-0.39, 0.29) is 24.1 Å². The van der Waals surface area contributed by atoms with Crippen LogP contribution in [0.15, 0.2) is 42.5 Å². The third-order valence-corrected chi connectivity index (χ3v) is 3.97. The third kappa shape index (κ3) is 2.93. The molecule has 3 rings (SSSR count). The van der Waals surface area contributed by atoms with E-state index in [0.717, 1.165) is 17.5 Å². The van der Waals surface area contributed by atoms with Gasteiger partial charge in [-0.15, -0.1) is 0 Å². The van der Waals surface area contributed by atoms with E-state index in [2.05, 4.69) is 10.6 Å². The zero-order valence-corrected chi connectivity index (χ0v) is 13.4. The minimum Gasteiger partial charge on any atom is -0.355 e. The van der Waals surface area contributed by atoms with Crippen molar-refractivity contribution in [3.05, 3.63) is 59.2 Å². The predicted octanol–water partition coefficient (Wildman–Crippen LogP) is 2.15. The summed E-state index contributed by atoms with van der Waals surface area (Å²) in [5.74, 6) is -0.668. The molecule has 0 unspecified atom stereocenters. The molecule has 1 aliphatic rings. The molecule has 2 aromatic rings. The van der Waals surface area contributed by atoms with Crippen molar-refractivity contribution in [2.45, 2.75) is 13.3 Å². The molecule has 2 aromatic carbocycles. The van der Waals surface area contributed by atoms with E-state index in [1.165, 1.54) is 0 Å². The summed E-state index contributed by atoms with van der Waals surface area (Å²) in [4.78, 5) is 36.2. The summed E-state index contributed by atoms with van der Waals surface area (Å²) >= 11 is 0. The van der Waals surface area contributed by atoms with Crippen LogP contribution < -0.4 is 10.6 Å². The number of hydrogen-bond acceptors (Lipinski definition) is 3. The molecule has 0 heterocycles. The highest BCUT2D eigenvalue weighted by Gasteiger charge is 2.26. The Hall–Kier alpha value is -2.95. The van der Waals surface area contributed by atoms with Gasteiger partial charge in [0.15, 0.2) is 5.78 Å². The first-order valence-corrected chi connectivity index (χ1v) is 7.95. The fraction of sp³-hybridized carbons (Fsp3) is 0.211. The lowest BCUT2D eigenvalue weighted by Gasteiger charge is -2.07. The molecular formula is C19H18N2O3. The summed E-state index contributed by atoms with van der Waals surface area (Å²) in [5, 5.41) is 5.26. The van der Waals surface area contributed by atoms with Crippen LogP contribution in [-0.4, -0.2) is 30.7 Å². The number of nitrogens with one attached hydrogen (secondary N) is 2. The molecule has 0 bridgehead atoms. The second-order valence-corrected chi connectivity index (χ2v) is 5.67. The number of carbonyl (C=O) groups excluding carboxylic acids is 3. The maximum absolute atomic E-state index is 12.5. The van der Waals surface area contributed by atoms with Gasteiger partial charge in [-0.05, 0) is 29.7 Å². The number of ketones is 1. The Bertz CT molecular complexity index is 827. The summed E-state index contributed by atoms with van der Waals surface area (Å²) in [5.41, 5.74) is 3.29. The van der Waals surface area contributed by atoms with Crippen molar-refractivity contribution in [2.24, 2.45) is 0 Å². The molecule has 0 fully saturated rings.